The van der Waals surface area contributed by atoms with E-state index in [1.165, 1.54) is 7.11 Å². The van der Waals surface area contributed by atoms with Crippen LogP contribution < -0.4 is 10.2 Å². The Morgan fingerprint density at radius 1 is 0.879 bits per heavy atom. The molecular weight excluding hydrogens is 414 g/mol. The van der Waals surface area contributed by atoms with Gasteiger partial charge in [-0.05, 0) is 48.9 Å². The Bertz CT molecular complexity index is 1090. The number of hydrogen-bond acceptors (Lipinski definition) is 5. The number of piperazine rings is 1. The molecular formula is C27H29N3O3. The molecule has 1 fully saturated rings. The highest BCUT2D eigenvalue weighted by Crippen LogP contribution is 2.26. The zero-order valence-corrected chi connectivity index (χ0v) is 19.0. The number of amides is 1. The van der Waals surface area contributed by atoms with Crippen molar-refractivity contribution in [1.29, 1.82) is 0 Å². The van der Waals surface area contributed by atoms with Gasteiger partial charge in [0.05, 0.1) is 7.11 Å². The van der Waals surface area contributed by atoms with Gasteiger partial charge in [0.2, 0.25) is 0 Å². The van der Waals surface area contributed by atoms with Crippen molar-refractivity contribution in [3.05, 3.63) is 95.6 Å². The normalized spacial score (nSPS) is 15.0. The van der Waals surface area contributed by atoms with Crippen LogP contribution in [0.15, 0.2) is 78.9 Å². The van der Waals surface area contributed by atoms with Crippen molar-refractivity contribution in [2.75, 3.05) is 43.5 Å². The molecule has 1 heterocycles. The fourth-order valence-corrected chi connectivity index (χ4v) is 4.23. The van der Waals surface area contributed by atoms with Crippen molar-refractivity contribution in [2.45, 2.75) is 13.0 Å². The molecule has 1 saturated heterocycles. The van der Waals surface area contributed by atoms with E-state index >= 15 is 0 Å². The molecule has 0 aromatic heterocycles. The summed E-state index contributed by atoms with van der Waals surface area (Å²) in [6.07, 6.45) is 0. The minimum Gasteiger partial charge on any atom is -0.468 e. The summed E-state index contributed by atoms with van der Waals surface area (Å²) in [5, 5.41) is 2.96. The van der Waals surface area contributed by atoms with Crippen LogP contribution in [-0.2, 0) is 9.53 Å². The van der Waals surface area contributed by atoms with E-state index in [-0.39, 0.29) is 11.9 Å². The van der Waals surface area contributed by atoms with Crippen LogP contribution in [0.1, 0.15) is 27.5 Å². The Hall–Kier alpha value is -3.64. The first-order chi connectivity index (χ1) is 16.0. The quantitative estimate of drug-likeness (QED) is 0.576. The summed E-state index contributed by atoms with van der Waals surface area (Å²) < 4.78 is 5.09. The number of benzene rings is 3. The molecule has 1 aliphatic rings. The van der Waals surface area contributed by atoms with E-state index in [4.69, 9.17) is 4.74 Å². The fourth-order valence-electron chi connectivity index (χ4n) is 4.23. The summed E-state index contributed by atoms with van der Waals surface area (Å²) >= 11 is 0. The lowest BCUT2D eigenvalue weighted by atomic mass is 10.0. The Balaban J connectivity index is 1.37. The van der Waals surface area contributed by atoms with Crippen molar-refractivity contribution >= 4 is 23.3 Å². The van der Waals surface area contributed by atoms with Gasteiger partial charge in [-0.3, -0.25) is 9.69 Å². The lowest BCUT2D eigenvalue weighted by molar-refractivity contribution is -0.147. The highest BCUT2D eigenvalue weighted by atomic mass is 16.5. The van der Waals surface area contributed by atoms with Gasteiger partial charge in [-0.1, -0.05) is 48.0 Å². The lowest BCUT2D eigenvalue weighted by Crippen LogP contribution is -2.49. The van der Waals surface area contributed by atoms with Crippen molar-refractivity contribution in [3.8, 4) is 0 Å². The number of rotatable bonds is 6. The zero-order chi connectivity index (χ0) is 23.2. The van der Waals surface area contributed by atoms with Gasteiger partial charge < -0.3 is 15.0 Å². The maximum absolute atomic E-state index is 12.5. The Morgan fingerprint density at radius 3 is 2.21 bits per heavy atom. The summed E-state index contributed by atoms with van der Waals surface area (Å²) in [4.78, 5) is 29.5. The smallest absolute Gasteiger partial charge is 0.327 e. The summed E-state index contributed by atoms with van der Waals surface area (Å²) in [7, 11) is 1.44. The molecule has 1 N–H and O–H groups in total. The van der Waals surface area contributed by atoms with Gasteiger partial charge in [-0.25, -0.2) is 4.79 Å². The standard InChI is InChI=1S/C27H29N3O3/c1-20-7-6-10-22(19-20)26(31)28-23-11-13-24(14-12-23)29-15-17-30(18-16-29)25(27(32)33-2)21-8-4-3-5-9-21/h3-14,19,25H,15-18H2,1-2H3,(H,28,31). The zero-order valence-electron chi connectivity index (χ0n) is 19.0. The molecule has 1 atom stereocenters. The lowest BCUT2D eigenvalue weighted by Gasteiger charge is -2.39. The van der Waals surface area contributed by atoms with E-state index in [0.717, 1.165) is 48.7 Å². The van der Waals surface area contributed by atoms with Crippen molar-refractivity contribution in [2.24, 2.45) is 0 Å². The largest absolute Gasteiger partial charge is 0.468 e. The minimum atomic E-state index is -0.391. The number of esters is 1. The predicted molar refractivity (Wildman–Crippen MR) is 131 cm³/mol. The van der Waals surface area contributed by atoms with E-state index < -0.39 is 6.04 Å². The van der Waals surface area contributed by atoms with Crippen LogP contribution in [-0.4, -0.2) is 50.1 Å². The van der Waals surface area contributed by atoms with E-state index in [1.807, 2.05) is 85.8 Å². The average molecular weight is 444 g/mol. The van der Waals surface area contributed by atoms with Crippen LogP contribution in [0, 0.1) is 6.92 Å². The molecule has 0 spiro atoms. The van der Waals surface area contributed by atoms with Crippen LogP contribution in [0.25, 0.3) is 0 Å². The third kappa shape index (κ3) is 5.41. The third-order valence-electron chi connectivity index (χ3n) is 5.99. The topological polar surface area (TPSA) is 61.9 Å². The van der Waals surface area contributed by atoms with Crippen LogP contribution >= 0.6 is 0 Å². The molecule has 1 amide bonds. The fraction of sp³-hybridized carbons (Fsp3) is 0.259. The summed E-state index contributed by atoms with van der Waals surface area (Å²) in [6, 6.07) is 24.8. The Labute approximate surface area is 194 Å². The average Bonchev–Trinajstić information content (AvgIpc) is 2.85. The molecule has 6 nitrogen and oxygen atoms in total. The molecule has 6 heteroatoms. The Kier molecular flexibility index (Phi) is 7.05. The molecule has 0 aliphatic carbocycles. The molecule has 0 bridgehead atoms. The highest BCUT2D eigenvalue weighted by Gasteiger charge is 2.31. The maximum atomic E-state index is 12.5. The van der Waals surface area contributed by atoms with Gasteiger partial charge in [0.1, 0.15) is 6.04 Å². The second-order valence-corrected chi connectivity index (χ2v) is 8.23. The first kappa shape index (κ1) is 22.6. The van der Waals surface area contributed by atoms with Gasteiger partial charge in [0.15, 0.2) is 0 Å². The number of methoxy groups -OCH3 is 1. The van der Waals surface area contributed by atoms with Gasteiger partial charge >= 0.3 is 5.97 Å². The summed E-state index contributed by atoms with van der Waals surface area (Å²) in [5.74, 6) is -0.349. The first-order valence-corrected chi connectivity index (χ1v) is 11.1. The second-order valence-electron chi connectivity index (χ2n) is 8.23. The maximum Gasteiger partial charge on any atom is 0.327 e. The van der Waals surface area contributed by atoms with Crippen LogP contribution in [0.5, 0.6) is 0 Å². The number of nitrogens with zero attached hydrogens (tertiary/aromatic N) is 2. The Morgan fingerprint density at radius 2 is 1.58 bits per heavy atom. The number of hydrogen-bond donors (Lipinski definition) is 1. The molecule has 0 radical (unpaired) electrons. The molecule has 1 aliphatic heterocycles. The van der Waals surface area contributed by atoms with Crippen molar-refractivity contribution in [3.63, 3.8) is 0 Å². The molecule has 4 rings (SSSR count). The monoisotopic (exact) mass is 443 g/mol. The summed E-state index contributed by atoms with van der Waals surface area (Å²) in [5.41, 5.74) is 4.51. The number of carbonyl (C=O) groups excluding carboxylic acids is 2. The van der Waals surface area contributed by atoms with Gasteiger partial charge in [-0.15, -0.1) is 0 Å². The van der Waals surface area contributed by atoms with E-state index in [2.05, 4.69) is 15.1 Å². The molecule has 0 saturated carbocycles. The molecule has 33 heavy (non-hydrogen) atoms. The molecule has 3 aromatic rings. The van der Waals surface area contributed by atoms with E-state index in [9.17, 15) is 9.59 Å². The molecule has 3 aromatic carbocycles. The van der Waals surface area contributed by atoms with Gasteiger partial charge in [0.25, 0.3) is 5.91 Å². The van der Waals surface area contributed by atoms with Gasteiger partial charge in [-0.2, -0.15) is 0 Å². The second kappa shape index (κ2) is 10.3. The van der Waals surface area contributed by atoms with Crippen molar-refractivity contribution in [1.82, 2.24) is 4.90 Å². The van der Waals surface area contributed by atoms with Crippen LogP contribution in [0.3, 0.4) is 0 Å². The SMILES string of the molecule is COC(=O)C(c1ccccc1)N1CCN(c2ccc(NC(=O)c3cccc(C)c3)cc2)CC1. The van der Waals surface area contributed by atoms with Gasteiger partial charge in [0, 0.05) is 43.1 Å². The molecule has 1 unspecified atom stereocenters. The first-order valence-electron chi connectivity index (χ1n) is 11.1. The predicted octanol–water partition coefficient (Wildman–Crippen LogP) is 4.28. The number of nitrogens with one attached hydrogen (secondary N) is 1. The number of carbonyl (C=O) groups is 2. The van der Waals surface area contributed by atoms with Crippen molar-refractivity contribution < 1.29 is 14.3 Å². The number of aryl methyl sites for hydroxylation is 1. The highest BCUT2D eigenvalue weighted by molar-refractivity contribution is 6.04. The molecule has 170 valence electrons. The number of ether oxygens (including phenoxy) is 1. The number of anilines is 2. The van der Waals surface area contributed by atoms with Crippen LogP contribution in [0.2, 0.25) is 0 Å². The van der Waals surface area contributed by atoms with E-state index in [0.29, 0.717) is 5.56 Å². The van der Waals surface area contributed by atoms with E-state index in [1.54, 1.807) is 0 Å². The van der Waals surface area contributed by atoms with Crippen LogP contribution in [0.4, 0.5) is 11.4 Å². The third-order valence-corrected chi connectivity index (χ3v) is 5.99. The minimum absolute atomic E-state index is 0.116. The summed E-state index contributed by atoms with van der Waals surface area (Å²) in [6.45, 7) is 5.07.